The minimum atomic E-state index is -4.06. The molecule has 2 atom stereocenters. The van der Waals surface area contributed by atoms with Crippen molar-refractivity contribution in [3.05, 3.63) is 53.6 Å². The molecule has 10 heteroatoms. The summed E-state index contributed by atoms with van der Waals surface area (Å²) in [7, 11) is -4.06. The molecule has 0 saturated carbocycles. The van der Waals surface area contributed by atoms with Gasteiger partial charge in [0.15, 0.2) is 14.6 Å². The number of halogens is 1. The van der Waals surface area contributed by atoms with Crippen molar-refractivity contribution in [1.82, 2.24) is 15.2 Å². The number of carbonyl (C=O) groups is 1. The predicted molar refractivity (Wildman–Crippen MR) is 131 cm³/mol. The Hall–Kier alpha value is -2.43. The minimum Gasteiger partial charge on any atom is -0.488 e. The van der Waals surface area contributed by atoms with Crippen LogP contribution in [0.4, 0.5) is 4.39 Å². The molecule has 2 aliphatic heterocycles. The van der Waals surface area contributed by atoms with E-state index in [1.165, 1.54) is 25.1 Å². The quantitative estimate of drug-likeness (QED) is 0.570. The van der Waals surface area contributed by atoms with E-state index >= 15 is 0 Å². The maximum absolute atomic E-state index is 14.5. The van der Waals surface area contributed by atoms with Gasteiger partial charge < -0.3 is 19.8 Å². The Labute approximate surface area is 206 Å². The van der Waals surface area contributed by atoms with Crippen LogP contribution in [0.3, 0.4) is 0 Å². The number of aromatic amines is 1. The Morgan fingerprint density at radius 1 is 1.29 bits per heavy atom. The van der Waals surface area contributed by atoms with E-state index in [1.807, 2.05) is 13.8 Å². The van der Waals surface area contributed by atoms with Gasteiger partial charge in [0.25, 0.3) is 0 Å². The zero-order valence-corrected chi connectivity index (χ0v) is 21.3. The summed E-state index contributed by atoms with van der Waals surface area (Å²) in [6.45, 7) is 8.85. The van der Waals surface area contributed by atoms with E-state index < -0.39 is 37.8 Å². The number of H-pyrrole nitrogens is 1. The molecule has 1 aromatic carbocycles. The van der Waals surface area contributed by atoms with Crippen molar-refractivity contribution in [2.45, 2.75) is 43.5 Å². The normalized spacial score (nSPS) is 22.0. The molecule has 0 radical (unpaired) electrons. The first-order chi connectivity index (χ1) is 16.6. The van der Waals surface area contributed by atoms with E-state index in [0.29, 0.717) is 31.1 Å². The van der Waals surface area contributed by atoms with E-state index in [9.17, 15) is 17.6 Å². The number of nitrogens with one attached hydrogen (secondary N) is 2. The highest BCUT2D eigenvalue weighted by Crippen LogP contribution is 2.53. The molecule has 192 valence electrons. The van der Waals surface area contributed by atoms with Crippen LogP contribution in [-0.4, -0.2) is 75.0 Å². The van der Waals surface area contributed by atoms with Gasteiger partial charge in [0.2, 0.25) is 5.91 Å². The summed E-state index contributed by atoms with van der Waals surface area (Å²) in [6.07, 6.45) is 1.81. The van der Waals surface area contributed by atoms with Crippen LogP contribution in [0.15, 0.2) is 36.5 Å². The number of aromatic nitrogens is 1. The van der Waals surface area contributed by atoms with Crippen molar-refractivity contribution in [1.29, 1.82) is 0 Å². The second kappa shape index (κ2) is 9.91. The average Bonchev–Trinajstić information content (AvgIpc) is 3.35. The fraction of sp³-hybridized carbons (Fsp3) is 0.560. The fourth-order valence-electron chi connectivity index (χ4n) is 5.25. The molecule has 2 aliphatic rings. The minimum absolute atomic E-state index is 0.207. The Kier molecular flexibility index (Phi) is 7.26. The summed E-state index contributed by atoms with van der Waals surface area (Å²) in [5, 5.41) is 2.91. The first kappa shape index (κ1) is 25.7. The molecule has 1 aromatic heterocycles. The Balaban J connectivity index is 1.82. The number of fused-ring (bicyclic) bond motifs is 1. The highest BCUT2D eigenvalue weighted by molar-refractivity contribution is 7.93. The molecular formula is C25H34FN3O5S. The summed E-state index contributed by atoms with van der Waals surface area (Å²) >= 11 is 0. The highest BCUT2D eigenvalue weighted by atomic mass is 32.2. The largest absolute Gasteiger partial charge is 0.488 e. The first-order valence-electron chi connectivity index (χ1n) is 12.0. The molecule has 35 heavy (non-hydrogen) atoms. The van der Waals surface area contributed by atoms with Crippen LogP contribution in [0.2, 0.25) is 0 Å². The van der Waals surface area contributed by atoms with Crippen molar-refractivity contribution >= 4 is 15.7 Å². The molecular weight excluding hydrogens is 473 g/mol. The maximum Gasteiger partial charge on any atom is 0.248 e. The van der Waals surface area contributed by atoms with Crippen molar-refractivity contribution < 1.29 is 27.1 Å². The van der Waals surface area contributed by atoms with Crippen molar-refractivity contribution in [3.8, 4) is 5.75 Å². The Morgan fingerprint density at radius 3 is 2.69 bits per heavy atom. The molecule has 0 aliphatic carbocycles. The van der Waals surface area contributed by atoms with E-state index in [0.717, 1.165) is 13.1 Å². The van der Waals surface area contributed by atoms with Crippen LogP contribution < -0.4 is 10.1 Å². The van der Waals surface area contributed by atoms with Crippen LogP contribution >= 0.6 is 0 Å². The van der Waals surface area contributed by atoms with Crippen LogP contribution in [0, 0.1) is 5.82 Å². The number of hydrogen-bond acceptors (Lipinski definition) is 6. The van der Waals surface area contributed by atoms with Gasteiger partial charge >= 0.3 is 0 Å². The van der Waals surface area contributed by atoms with Gasteiger partial charge in [-0.1, -0.05) is 6.92 Å². The lowest BCUT2D eigenvalue weighted by atomic mass is 9.74. The van der Waals surface area contributed by atoms with Gasteiger partial charge in [0, 0.05) is 55.3 Å². The molecule has 3 heterocycles. The lowest BCUT2D eigenvalue weighted by Gasteiger charge is -2.45. The van der Waals surface area contributed by atoms with E-state index in [1.54, 1.807) is 18.3 Å². The smallest absolute Gasteiger partial charge is 0.248 e. The molecule has 2 N–H and O–H groups in total. The van der Waals surface area contributed by atoms with Crippen LogP contribution in [0.1, 0.15) is 44.4 Å². The number of nitrogens with zero attached hydrogens (tertiary/aromatic N) is 1. The summed E-state index contributed by atoms with van der Waals surface area (Å²) in [4.78, 5) is 19.3. The Bertz CT molecular complexity index is 1150. The number of carbonyl (C=O) groups excluding carboxylic acids is 1. The van der Waals surface area contributed by atoms with Crippen LogP contribution in [0.5, 0.6) is 5.75 Å². The van der Waals surface area contributed by atoms with Crippen molar-refractivity contribution in [3.63, 3.8) is 0 Å². The lowest BCUT2D eigenvalue weighted by molar-refractivity contribution is -0.125. The summed E-state index contributed by atoms with van der Waals surface area (Å²) < 4.78 is 51.9. The number of ether oxygens (including phenoxy) is 2. The van der Waals surface area contributed by atoms with Crippen LogP contribution in [0.25, 0.3) is 0 Å². The van der Waals surface area contributed by atoms with Gasteiger partial charge in [0.05, 0.1) is 13.2 Å². The number of sulfone groups is 1. The lowest BCUT2D eigenvalue weighted by Crippen LogP contribution is -2.57. The molecule has 4 rings (SSSR count). The maximum atomic E-state index is 14.5. The van der Waals surface area contributed by atoms with Gasteiger partial charge in [-0.15, -0.1) is 0 Å². The summed E-state index contributed by atoms with van der Waals surface area (Å²) in [5.74, 6) is -1.88. The van der Waals surface area contributed by atoms with Gasteiger partial charge in [0.1, 0.15) is 17.2 Å². The predicted octanol–water partition coefficient (Wildman–Crippen LogP) is 2.58. The fourth-order valence-corrected chi connectivity index (χ4v) is 7.17. The number of amides is 1. The number of benzene rings is 1. The topological polar surface area (TPSA) is 101 Å². The molecule has 0 bridgehead atoms. The van der Waals surface area contributed by atoms with Gasteiger partial charge in [-0.05, 0) is 50.6 Å². The molecule has 1 amide bonds. The van der Waals surface area contributed by atoms with Crippen molar-refractivity contribution in [2.75, 3.05) is 45.1 Å². The zero-order valence-electron chi connectivity index (χ0n) is 20.5. The summed E-state index contributed by atoms with van der Waals surface area (Å²) in [5.41, 5.74) is -0.134. The molecule has 1 fully saturated rings. The Morgan fingerprint density at radius 2 is 2.03 bits per heavy atom. The first-order valence-corrected chi connectivity index (χ1v) is 13.7. The monoisotopic (exact) mass is 507 g/mol. The third kappa shape index (κ3) is 4.83. The van der Waals surface area contributed by atoms with Crippen molar-refractivity contribution in [2.24, 2.45) is 0 Å². The second-order valence-electron chi connectivity index (χ2n) is 9.73. The summed E-state index contributed by atoms with van der Waals surface area (Å²) in [6, 6.07) is 7.37. The average molecular weight is 508 g/mol. The van der Waals surface area contributed by atoms with E-state index in [4.69, 9.17) is 9.47 Å². The SMILES string of the molecule is CCS(=O)(=O)C(C(=O)NCCN1CCOCC1)(c1ccc[nH]1)C1CC(C)(C)Oc2ccc(F)cc21. The van der Waals surface area contributed by atoms with Gasteiger partial charge in [-0.3, -0.25) is 9.69 Å². The molecule has 2 aromatic rings. The van der Waals surface area contributed by atoms with E-state index in [2.05, 4.69) is 15.2 Å². The molecule has 1 saturated heterocycles. The third-order valence-corrected chi connectivity index (χ3v) is 9.37. The number of hydrogen-bond donors (Lipinski definition) is 2. The number of morpholine rings is 1. The van der Waals surface area contributed by atoms with E-state index in [-0.39, 0.29) is 24.4 Å². The molecule has 8 nitrogen and oxygen atoms in total. The van der Waals surface area contributed by atoms with Gasteiger partial charge in [-0.2, -0.15) is 0 Å². The van der Waals surface area contributed by atoms with Crippen LogP contribution in [-0.2, 0) is 24.1 Å². The standard InChI is InChI=1S/C25H34FN3O5S/c1-4-35(31,32)25(22-6-5-9-27-22,23(30)28-10-11-29-12-14-33-15-13-29)20-17-24(2,3)34-21-8-7-18(26)16-19(20)21/h5-9,16,20,27H,4,10-15,17H2,1-3H3,(H,28,30). The zero-order chi connectivity index (χ0) is 25.3. The second-order valence-corrected chi connectivity index (χ2v) is 12.2. The third-order valence-electron chi connectivity index (χ3n) is 6.94. The molecule has 0 spiro atoms. The molecule has 2 unspecified atom stereocenters. The highest BCUT2D eigenvalue weighted by Gasteiger charge is 2.60. The van der Waals surface area contributed by atoms with Gasteiger partial charge in [-0.25, -0.2) is 12.8 Å². The number of rotatable bonds is 8.